The first-order chi connectivity index (χ1) is 37.7. The molecule has 0 spiro atoms. The minimum absolute atomic E-state index is 0.598. The van der Waals surface area contributed by atoms with Gasteiger partial charge in [0.15, 0.2) is 0 Å². The van der Waals surface area contributed by atoms with E-state index in [1.54, 1.807) is 0 Å². The van der Waals surface area contributed by atoms with Gasteiger partial charge in [0.1, 0.15) is 0 Å². The Balaban J connectivity index is 1.08. The molecule has 14 rings (SSSR count). The van der Waals surface area contributed by atoms with Crippen LogP contribution in [0, 0.1) is 0 Å². The van der Waals surface area contributed by atoms with E-state index >= 15 is 0 Å². The molecule has 0 aromatic heterocycles. The lowest BCUT2D eigenvalue weighted by Gasteiger charge is -2.36. The van der Waals surface area contributed by atoms with Crippen molar-refractivity contribution in [3.05, 3.63) is 332 Å². The molecule has 0 amide bonds. The molecule has 0 N–H and O–H groups in total. The second-order valence-corrected chi connectivity index (χ2v) is 19.9. The van der Waals surface area contributed by atoms with Crippen molar-refractivity contribution in [2.24, 2.45) is 0 Å². The number of hydrogen-bond donors (Lipinski definition) is 0. The Morgan fingerprint density at radius 2 is 0.658 bits per heavy atom. The molecule has 0 bridgehead atoms. The maximum absolute atomic E-state index is 2.57. The zero-order valence-corrected chi connectivity index (χ0v) is 41.9. The summed E-state index contributed by atoms with van der Waals surface area (Å²) in [5.74, 6) is 0. The van der Waals surface area contributed by atoms with E-state index in [0.29, 0.717) is 0 Å². The van der Waals surface area contributed by atoms with E-state index in [9.17, 15) is 0 Å². The van der Waals surface area contributed by atoms with Gasteiger partial charge in [-0.15, -0.1) is 0 Å². The molecule has 1 nitrogen and oxygen atoms in total. The van der Waals surface area contributed by atoms with Crippen molar-refractivity contribution in [1.82, 2.24) is 0 Å². The van der Waals surface area contributed by atoms with Gasteiger partial charge in [-0.05, 0) is 130 Å². The van der Waals surface area contributed by atoms with E-state index in [0.717, 1.165) is 39.3 Å². The Morgan fingerprint density at radius 3 is 1.32 bits per heavy atom. The molecule has 0 saturated carbocycles. The average Bonchev–Trinajstić information content (AvgIpc) is 4.02. The number of hydrogen-bond acceptors (Lipinski definition) is 1. The van der Waals surface area contributed by atoms with E-state index < -0.39 is 5.41 Å². The lowest BCUT2D eigenvalue weighted by molar-refractivity contribution is 0.768. The van der Waals surface area contributed by atoms with Crippen molar-refractivity contribution in [3.63, 3.8) is 0 Å². The molecule has 0 aliphatic heterocycles. The molecule has 0 heterocycles. The van der Waals surface area contributed by atoms with E-state index in [1.807, 2.05) is 0 Å². The summed E-state index contributed by atoms with van der Waals surface area (Å²) in [5, 5.41) is 4.79. The molecule has 76 heavy (non-hydrogen) atoms. The van der Waals surface area contributed by atoms with E-state index in [1.165, 1.54) is 88.3 Å². The quantitative estimate of drug-likeness (QED) is 0.123. The third-order valence-electron chi connectivity index (χ3n) is 15.7. The van der Waals surface area contributed by atoms with Crippen molar-refractivity contribution in [2.75, 3.05) is 4.90 Å². The number of benzene rings is 13. The monoisotopic (exact) mass is 965 g/mol. The highest BCUT2D eigenvalue weighted by Gasteiger charge is 2.46. The molecule has 0 radical (unpaired) electrons. The molecule has 13 aromatic carbocycles. The van der Waals surface area contributed by atoms with Crippen LogP contribution in [-0.2, 0) is 5.41 Å². The normalized spacial score (nSPS) is 12.3. The molecular formula is C75H51N. The summed E-state index contributed by atoms with van der Waals surface area (Å²) < 4.78 is 0. The summed E-state index contributed by atoms with van der Waals surface area (Å²) in [4.78, 5) is 2.57. The maximum atomic E-state index is 2.57. The van der Waals surface area contributed by atoms with Crippen LogP contribution in [0.15, 0.2) is 309 Å². The fraction of sp³-hybridized carbons (Fsp3) is 0.0133. The first kappa shape index (κ1) is 44.8. The van der Waals surface area contributed by atoms with Crippen LogP contribution in [0.5, 0.6) is 0 Å². The van der Waals surface area contributed by atoms with Crippen molar-refractivity contribution in [1.29, 1.82) is 0 Å². The first-order valence-corrected chi connectivity index (χ1v) is 26.3. The van der Waals surface area contributed by atoms with Crippen LogP contribution in [0.2, 0.25) is 0 Å². The molecular weight excluding hydrogens is 915 g/mol. The summed E-state index contributed by atoms with van der Waals surface area (Å²) in [6.45, 7) is 0. The van der Waals surface area contributed by atoms with Crippen LogP contribution >= 0.6 is 0 Å². The predicted molar refractivity (Wildman–Crippen MR) is 321 cm³/mol. The third kappa shape index (κ3) is 7.47. The molecule has 0 atom stereocenters. The topological polar surface area (TPSA) is 3.24 Å². The van der Waals surface area contributed by atoms with E-state index in [-0.39, 0.29) is 0 Å². The van der Waals surface area contributed by atoms with Gasteiger partial charge < -0.3 is 4.90 Å². The van der Waals surface area contributed by atoms with Gasteiger partial charge in [-0.3, -0.25) is 0 Å². The van der Waals surface area contributed by atoms with Crippen LogP contribution in [-0.4, -0.2) is 0 Å². The predicted octanol–water partition coefficient (Wildman–Crippen LogP) is 20.2. The first-order valence-electron chi connectivity index (χ1n) is 26.3. The van der Waals surface area contributed by atoms with Crippen molar-refractivity contribution >= 4 is 38.6 Å². The molecule has 356 valence electrons. The van der Waals surface area contributed by atoms with Gasteiger partial charge in [0, 0.05) is 22.3 Å². The Labute approximate surface area is 444 Å². The van der Waals surface area contributed by atoms with Crippen LogP contribution in [0.25, 0.3) is 88.3 Å². The molecule has 0 saturated heterocycles. The lowest BCUT2D eigenvalue weighted by atomic mass is 9.67. The van der Waals surface area contributed by atoms with E-state index in [2.05, 4.69) is 314 Å². The van der Waals surface area contributed by atoms with Gasteiger partial charge in [-0.1, -0.05) is 279 Å². The third-order valence-corrected chi connectivity index (χ3v) is 15.7. The summed E-state index contributed by atoms with van der Waals surface area (Å²) in [5.41, 5.74) is 21.9. The molecule has 0 fully saturated rings. The Hall–Kier alpha value is -9.82. The second kappa shape index (κ2) is 18.9. The van der Waals surface area contributed by atoms with Gasteiger partial charge in [-0.25, -0.2) is 0 Å². The highest BCUT2D eigenvalue weighted by molar-refractivity contribution is 6.22. The van der Waals surface area contributed by atoms with Crippen LogP contribution in [0.4, 0.5) is 17.1 Å². The smallest absolute Gasteiger partial charge is 0.0714 e. The van der Waals surface area contributed by atoms with Crippen molar-refractivity contribution < 1.29 is 0 Å². The molecule has 0 unspecified atom stereocenters. The number of rotatable bonds is 10. The minimum Gasteiger partial charge on any atom is -0.309 e. The van der Waals surface area contributed by atoms with Gasteiger partial charge in [-0.2, -0.15) is 0 Å². The maximum Gasteiger partial charge on any atom is 0.0714 e. The van der Waals surface area contributed by atoms with Gasteiger partial charge in [0.2, 0.25) is 0 Å². The number of fused-ring (bicyclic) bond motifs is 6. The standard InChI is InChI=1S/C75H51N/c1-5-23-52(24-6-1)54-43-45-56(46-44-54)63-48-47-62(51-70(63)55-27-9-3-10-28-55)76(61-34-22-33-60(50-61)75(59-31-11-4-12-32-59)71-41-19-17-37-66(71)67-38-18-20-42-72(67)75)74-69-40-16-14-36-65(69)64-35-13-15-39-68(64)73(74)58-30-21-29-57(49-58)53-25-7-2-8-26-53/h1-51H. The Kier molecular flexibility index (Phi) is 11.2. The van der Waals surface area contributed by atoms with Crippen molar-refractivity contribution in [3.8, 4) is 66.8 Å². The van der Waals surface area contributed by atoms with E-state index in [4.69, 9.17) is 0 Å². The Morgan fingerprint density at radius 1 is 0.224 bits per heavy atom. The molecule has 13 aromatic rings. The highest BCUT2D eigenvalue weighted by Crippen LogP contribution is 2.58. The average molecular weight is 966 g/mol. The molecule has 1 aliphatic rings. The summed E-state index contributed by atoms with van der Waals surface area (Å²) >= 11 is 0. The highest BCUT2D eigenvalue weighted by atomic mass is 15.1. The SMILES string of the molecule is c1ccc(-c2ccc(-c3ccc(N(c4cccc(C5(c6ccccc6)c6ccccc6-c6ccccc65)c4)c4c(-c5cccc(-c6ccccc6)c5)c5ccccc5c5ccccc45)cc3-c3ccccc3)cc2)cc1. The number of anilines is 3. The molecule has 1 heteroatoms. The summed E-state index contributed by atoms with van der Waals surface area (Å²) in [6.07, 6.45) is 0. The molecule has 1 aliphatic carbocycles. The number of nitrogens with zero attached hydrogens (tertiary/aromatic N) is 1. The van der Waals surface area contributed by atoms with Crippen molar-refractivity contribution in [2.45, 2.75) is 5.41 Å². The van der Waals surface area contributed by atoms with Crippen LogP contribution in [0.1, 0.15) is 22.3 Å². The lowest BCUT2D eigenvalue weighted by Crippen LogP contribution is -2.28. The van der Waals surface area contributed by atoms with Crippen LogP contribution in [0.3, 0.4) is 0 Å². The van der Waals surface area contributed by atoms with Crippen LogP contribution < -0.4 is 4.90 Å². The summed E-state index contributed by atoms with van der Waals surface area (Å²) in [7, 11) is 0. The minimum atomic E-state index is -0.598. The van der Waals surface area contributed by atoms with Gasteiger partial charge in [0.05, 0.1) is 11.1 Å². The largest absolute Gasteiger partial charge is 0.309 e. The van der Waals surface area contributed by atoms with Gasteiger partial charge in [0.25, 0.3) is 0 Å². The summed E-state index contributed by atoms with van der Waals surface area (Å²) in [6, 6.07) is 114. The Bertz CT molecular complexity index is 4210. The second-order valence-electron chi connectivity index (χ2n) is 19.9. The van der Waals surface area contributed by atoms with Gasteiger partial charge >= 0.3 is 0 Å². The fourth-order valence-electron chi connectivity index (χ4n) is 12.4. The zero-order valence-electron chi connectivity index (χ0n) is 41.9. The fourth-order valence-corrected chi connectivity index (χ4v) is 12.4. The zero-order chi connectivity index (χ0) is 50.4.